The van der Waals surface area contributed by atoms with Gasteiger partial charge in [0.1, 0.15) is 0 Å². The van der Waals surface area contributed by atoms with E-state index < -0.39 is 0 Å². The summed E-state index contributed by atoms with van der Waals surface area (Å²) in [6.07, 6.45) is 0.576. The quantitative estimate of drug-likeness (QED) is 0.716. The predicted molar refractivity (Wildman–Crippen MR) is 62.3 cm³/mol. The van der Waals surface area contributed by atoms with Gasteiger partial charge in [-0.1, -0.05) is 12.2 Å². The highest BCUT2D eigenvalue weighted by Crippen LogP contribution is 2.03. The third-order valence-corrected chi connectivity index (χ3v) is 2.05. The highest BCUT2D eigenvalue weighted by molar-refractivity contribution is 7.80. The molecule has 0 bridgehead atoms. The molecule has 5 heteroatoms. The van der Waals surface area contributed by atoms with Crippen molar-refractivity contribution in [2.24, 2.45) is 5.73 Å². The molecule has 0 unspecified atom stereocenters. The van der Waals surface area contributed by atoms with Gasteiger partial charge in [0.25, 0.3) is 0 Å². The number of carbonyl (C=O) groups excluding carboxylic acids is 1. The standard InChI is InChI=1S/C9H19N3OS/c1-7(2)12(6-5-8(10)14)9(13)11(3)4/h7H,5-6H2,1-4H3,(H2,10,14). The van der Waals surface area contributed by atoms with Gasteiger partial charge >= 0.3 is 6.03 Å². The zero-order valence-corrected chi connectivity index (χ0v) is 10.1. The molecule has 4 nitrogen and oxygen atoms in total. The van der Waals surface area contributed by atoms with Crippen LogP contribution in [-0.4, -0.2) is 47.5 Å². The first kappa shape index (κ1) is 13.2. The molecule has 0 atom stereocenters. The molecule has 82 valence electrons. The minimum atomic E-state index is -0.00347. The molecule has 0 saturated heterocycles. The SMILES string of the molecule is CC(C)N(CCC(N)=S)C(=O)N(C)C. The second kappa shape index (κ2) is 5.80. The smallest absolute Gasteiger partial charge is 0.319 e. The molecular weight excluding hydrogens is 198 g/mol. The molecule has 0 radical (unpaired) electrons. The van der Waals surface area contributed by atoms with Gasteiger partial charge in [0, 0.05) is 33.1 Å². The number of rotatable bonds is 4. The van der Waals surface area contributed by atoms with Gasteiger partial charge in [-0.2, -0.15) is 0 Å². The Labute approximate surface area is 91.0 Å². The molecule has 0 aromatic carbocycles. The lowest BCUT2D eigenvalue weighted by Crippen LogP contribution is -2.44. The van der Waals surface area contributed by atoms with Gasteiger partial charge < -0.3 is 15.5 Å². The average Bonchev–Trinajstić information content (AvgIpc) is 2.02. The Kier molecular flexibility index (Phi) is 5.45. The first-order valence-corrected chi connectivity index (χ1v) is 5.03. The van der Waals surface area contributed by atoms with Gasteiger partial charge in [-0.15, -0.1) is 0 Å². The summed E-state index contributed by atoms with van der Waals surface area (Å²) in [6.45, 7) is 4.53. The zero-order valence-electron chi connectivity index (χ0n) is 9.28. The number of carbonyl (C=O) groups is 1. The molecule has 0 aliphatic heterocycles. The number of hydrogen-bond donors (Lipinski definition) is 1. The lowest BCUT2D eigenvalue weighted by Gasteiger charge is -2.29. The van der Waals surface area contributed by atoms with E-state index in [4.69, 9.17) is 18.0 Å². The molecular formula is C9H19N3OS. The number of amides is 2. The zero-order chi connectivity index (χ0) is 11.3. The number of thiocarbonyl (C=S) groups is 1. The van der Waals surface area contributed by atoms with E-state index in [0.29, 0.717) is 18.0 Å². The summed E-state index contributed by atoms with van der Waals surface area (Å²) in [5.41, 5.74) is 5.40. The number of hydrogen-bond acceptors (Lipinski definition) is 2. The highest BCUT2D eigenvalue weighted by atomic mass is 32.1. The fourth-order valence-electron chi connectivity index (χ4n) is 1.06. The molecule has 0 aliphatic carbocycles. The molecule has 0 aromatic rings. The number of nitrogens with zero attached hydrogens (tertiary/aromatic N) is 2. The highest BCUT2D eigenvalue weighted by Gasteiger charge is 2.17. The second-order valence-electron chi connectivity index (χ2n) is 3.68. The Balaban J connectivity index is 4.29. The summed E-state index contributed by atoms with van der Waals surface area (Å²) in [5, 5.41) is 0. The third kappa shape index (κ3) is 4.41. The Morgan fingerprint density at radius 3 is 2.21 bits per heavy atom. The summed E-state index contributed by atoms with van der Waals surface area (Å²) in [5.74, 6) is 0. The van der Waals surface area contributed by atoms with Crippen LogP contribution in [-0.2, 0) is 0 Å². The van der Waals surface area contributed by atoms with Crippen molar-refractivity contribution in [1.82, 2.24) is 9.80 Å². The molecule has 0 aliphatic rings. The van der Waals surface area contributed by atoms with Crippen molar-refractivity contribution in [3.8, 4) is 0 Å². The van der Waals surface area contributed by atoms with Crippen molar-refractivity contribution in [3.63, 3.8) is 0 Å². The van der Waals surface area contributed by atoms with Crippen LogP contribution in [0.5, 0.6) is 0 Å². The van der Waals surface area contributed by atoms with Gasteiger partial charge in [-0.25, -0.2) is 4.79 Å². The van der Waals surface area contributed by atoms with E-state index in [1.165, 1.54) is 0 Å². The molecule has 14 heavy (non-hydrogen) atoms. The fraction of sp³-hybridized carbons (Fsp3) is 0.778. The molecule has 0 spiro atoms. The van der Waals surface area contributed by atoms with Crippen LogP contribution in [0.15, 0.2) is 0 Å². The van der Waals surface area contributed by atoms with Crippen molar-refractivity contribution in [1.29, 1.82) is 0 Å². The van der Waals surface area contributed by atoms with E-state index in [2.05, 4.69) is 0 Å². The number of nitrogens with two attached hydrogens (primary N) is 1. The Morgan fingerprint density at radius 1 is 1.43 bits per heavy atom. The maximum absolute atomic E-state index is 11.7. The Morgan fingerprint density at radius 2 is 1.93 bits per heavy atom. The van der Waals surface area contributed by atoms with Crippen molar-refractivity contribution in [3.05, 3.63) is 0 Å². The lowest BCUT2D eigenvalue weighted by molar-refractivity contribution is 0.159. The molecule has 0 saturated carbocycles. The van der Waals surface area contributed by atoms with Gasteiger partial charge in [0.2, 0.25) is 0 Å². The Bertz CT molecular complexity index is 216. The van der Waals surface area contributed by atoms with E-state index in [9.17, 15) is 4.79 Å². The van der Waals surface area contributed by atoms with Gasteiger partial charge in [0.05, 0.1) is 4.99 Å². The Hall–Kier alpha value is -0.840. The number of urea groups is 1. The predicted octanol–water partition coefficient (Wildman–Crippen LogP) is 1.05. The van der Waals surface area contributed by atoms with Crippen LogP contribution in [0.2, 0.25) is 0 Å². The van der Waals surface area contributed by atoms with Crippen LogP contribution >= 0.6 is 12.2 Å². The van der Waals surface area contributed by atoms with Crippen molar-refractivity contribution in [2.45, 2.75) is 26.3 Å². The first-order chi connectivity index (χ1) is 6.36. The van der Waals surface area contributed by atoms with Gasteiger partial charge in [-0.05, 0) is 13.8 Å². The second-order valence-corrected chi connectivity index (χ2v) is 4.20. The fourth-order valence-corrected chi connectivity index (χ4v) is 1.15. The van der Waals surface area contributed by atoms with Gasteiger partial charge in [-0.3, -0.25) is 0 Å². The summed E-state index contributed by atoms with van der Waals surface area (Å²) in [6, 6.07) is 0.163. The normalized spacial score (nSPS) is 10.1. The first-order valence-electron chi connectivity index (χ1n) is 4.62. The summed E-state index contributed by atoms with van der Waals surface area (Å²) in [7, 11) is 3.47. The van der Waals surface area contributed by atoms with Crippen molar-refractivity contribution >= 4 is 23.2 Å². The maximum atomic E-state index is 11.7. The molecule has 0 fully saturated rings. The molecule has 0 heterocycles. The van der Waals surface area contributed by atoms with Crippen LogP contribution in [0.1, 0.15) is 20.3 Å². The lowest BCUT2D eigenvalue weighted by atomic mass is 10.3. The van der Waals surface area contributed by atoms with Gasteiger partial charge in [0.15, 0.2) is 0 Å². The molecule has 2 N–H and O–H groups in total. The minimum Gasteiger partial charge on any atom is -0.393 e. The molecule has 2 amide bonds. The van der Waals surface area contributed by atoms with E-state index in [0.717, 1.165) is 0 Å². The third-order valence-electron chi connectivity index (χ3n) is 1.85. The monoisotopic (exact) mass is 217 g/mol. The average molecular weight is 217 g/mol. The maximum Gasteiger partial charge on any atom is 0.319 e. The molecule has 0 rings (SSSR count). The van der Waals surface area contributed by atoms with Crippen molar-refractivity contribution < 1.29 is 4.79 Å². The van der Waals surface area contributed by atoms with Crippen LogP contribution in [0, 0.1) is 0 Å². The van der Waals surface area contributed by atoms with E-state index >= 15 is 0 Å². The largest absolute Gasteiger partial charge is 0.393 e. The topological polar surface area (TPSA) is 49.6 Å². The van der Waals surface area contributed by atoms with Crippen LogP contribution in [0.3, 0.4) is 0 Å². The summed E-state index contributed by atoms with van der Waals surface area (Å²) >= 11 is 4.78. The summed E-state index contributed by atoms with van der Waals surface area (Å²) in [4.78, 5) is 15.4. The van der Waals surface area contributed by atoms with E-state index in [1.807, 2.05) is 13.8 Å². The van der Waals surface area contributed by atoms with Crippen LogP contribution < -0.4 is 5.73 Å². The minimum absolute atomic E-state index is 0.00347. The van der Waals surface area contributed by atoms with E-state index in [1.54, 1.807) is 23.9 Å². The van der Waals surface area contributed by atoms with Crippen LogP contribution in [0.25, 0.3) is 0 Å². The molecule has 0 aromatic heterocycles. The van der Waals surface area contributed by atoms with E-state index in [-0.39, 0.29) is 12.1 Å². The van der Waals surface area contributed by atoms with Crippen LogP contribution in [0.4, 0.5) is 4.79 Å². The van der Waals surface area contributed by atoms with Crippen molar-refractivity contribution in [2.75, 3.05) is 20.6 Å². The summed E-state index contributed by atoms with van der Waals surface area (Å²) < 4.78 is 0.